The van der Waals surface area contributed by atoms with E-state index < -0.39 is 0 Å². The van der Waals surface area contributed by atoms with E-state index >= 15 is 0 Å². The molecule has 1 fully saturated rings. The van der Waals surface area contributed by atoms with E-state index in [1.807, 2.05) is 65.0 Å². The fraction of sp³-hybridized carbons (Fsp3) is 0.333. The third kappa shape index (κ3) is 3.45. The molecule has 27 heavy (non-hydrogen) atoms. The topological polar surface area (TPSA) is 41.4 Å². The Bertz CT molecular complexity index is 961. The fourth-order valence-electron chi connectivity index (χ4n) is 3.61. The zero-order valence-electron chi connectivity index (χ0n) is 15.6. The Hall–Kier alpha value is -2.37. The molecule has 4 rings (SSSR count). The summed E-state index contributed by atoms with van der Waals surface area (Å²) in [5, 5.41) is 6.46. The molecule has 6 heteroatoms. The van der Waals surface area contributed by atoms with Gasteiger partial charge < -0.3 is 9.80 Å². The predicted octanol–water partition coefficient (Wildman–Crippen LogP) is 3.69. The first-order valence-electron chi connectivity index (χ1n) is 9.25. The summed E-state index contributed by atoms with van der Waals surface area (Å²) in [7, 11) is 2.09. The van der Waals surface area contributed by atoms with Gasteiger partial charge in [-0.3, -0.25) is 9.48 Å². The molecule has 0 N–H and O–H groups in total. The second-order valence-corrected chi connectivity index (χ2v) is 7.56. The molecule has 0 radical (unpaired) electrons. The number of hydrogen-bond donors (Lipinski definition) is 0. The van der Waals surface area contributed by atoms with Gasteiger partial charge in [0.25, 0.3) is 0 Å². The number of halogens is 1. The van der Waals surface area contributed by atoms with Gasteiger partial charge in [-0.05, 0) is 32.2 Å². The lowest BCUT2D eigenvalue weighted by atomic mass is 10.1. The molecule has 0 saturated carbocycles. The molecule has 1 atom stereocenters. The van der Waals surface area contributed by atoms with Gasteiger partial charge in [0.05, 0.1) is 5.52 Å². The maximum Gasteiger partial charge on any atom is 0.247 e. The fourth-order valence-corrected chi connectivity index (χ4v) is 3.79. The van der Waals surface area contributed by atoms with Crippen LogP contribution in [0.25, 0.3) is 22.2 Å². The Kier molecular flexibility index (Phi) is 4.89. The molecule has 140 valence electrons. The van der Waals surface area contributed by atoms with E-state index in [0.717, 1.165) is 48.3 Å². The predicted molar refractivity (Wildman–Crippen MR) is 109 cm³/mol. The van der Waals surface area contributed by atoms with Crippen LogP contribution in [0.5, 0.6) is 0 Å². The number of aromatic nitrogens is 2. The summed E-state index contributed by atoms with van der Waals surface area (Å²) in [6, 6.07) is 15.4. The van der Waals surface area contributed by atoms with Crippen LogP contribution < -0.4 is 0 Å². The highest BCUT2D eigenvalue weighted by Gasteiger charge is 2.27. The van der Waals surface area contributed by atoms with Crippen molar-refractivity contribution in [3.05, 3.63) is 53.6 Å². The van der Waals surface area contributed by atoms with Crippen molar-refractivity contribution >= 4 is 28.4 Å². The van der Waals surface area contributed by atoms with Crippen molar-refractivity contribution in [3.63, 3.8) is 0 Å². The zero-order chi connectivity index (χ0) is 19.0. The SMILES string of the molecule is CC(C(=O)N1CCN(C)CC1)n1nc(-c2ccccc2)c2cc(Cl)ccc21. The number of carbonyl (C=O) groups excluding carboxylic acids is 1. The number of piperazine rings is 1. The highest BCUT2D eigenvalue weighted by Crippen LogP contribution is 2.32. The lowest BCUT2D eigenvalue weighted by molar-refractivity contribution is -0.136. The molecule has 3 aromatic rings. The number of hydrogen-bond acceptors (Lipinski definition) is 3. The lowest BCUT2D eigenvalue weighted by Gasteiger charge is -2.34. The molecule has 0 spiro atoms. The standard InChI is InChI=1S/C21H23ClN4O/c1-15(21(27)25-12-10-24(2)11-13-25)26-19-9-8-17(22)14-18(19)20(23-26)16-6-4-3-5-7-16/h3-9,14-15H,10-13H2,1-2H3. The number of carbonyl (C=O) groups is 1. The van der Waals surface area contributed by atoms with Gasteiger partial charge in [0, 0.05) is 42.2 Å². The first-order valence-corrected chi connectivity index (χ1v) is 9.63. The molecular weight excluding hydrogens is 360 g/mol. The van der Waals surface area contributed by atoms with E-state index in [4.69, 9.17) is 16.7 Å². The van der Waals surface area contributed by atoms with Crippen molar-refractivity contribution in [2.45, 2.75) is 13.0 Å². The van der Waals surface area contributed by atoms with E-state index in [2.05, 4.69) is 11.9 Å². The highest BCUT2D eigenvalue weighted by atomic mass is 35.5. The first kappa shape index (κ1) is 18.0. The summed E-state index contributed by atoms with van der Waals surface area (Å²) in [6.45, 7) is 5.26. The van der Waals surface area contributed by atoms with E-state index in [1.165, 1.54) is 0 Å². The molecule has 1 aromatic heterocycles. The minimum atomic E-state index is -0.366. The van der Waals surface area contributed by atoms with Crippen molar-refractivity contribution in [2.75, 3.05) is 33.2 Å². The molecular formula is C21H23ClN4O. The minimum Gasteiger partial charge on any atom is -0.338 e. The van der Waals surface area contributed by atoms with Crippen molar-refractivity contribution < 1.29 is 4.79 Å². The van der Waals surface area contributed by atoms with Crippen molar-refractivity contribution in [3.8, 4) is 11.3 Å². The van der Waals surface area contributed by atoms with Crippen LogP contribution in [0.3, 0.4) is 0 Å². The van der Waals surface area contributed by atoms with Crippen LogP contribution in [0, 0.1) is 0 Å². The molecule has 1 unspecified atom stereocenters. The van der Waals surface area contributed by atoms with Crippen LogP contribution in [-0.2, 0) is 4.79 Å². The van der Waals surface area contributed by atoms with Crippen LogP contribution in [0.4, 0.5) is 0 Å². The number of benzene rings is 2. The smallest absolute Gasteiger partial charge is 0.247 e. The van der Waals surface area contributed by atoms with Crippen LogP contribution in [0.2, 0.25) is 5.02 Å². The second kappa shape index (κ2) is 7.33. The largest absolute Gasteiger partial charge is 0.338 e. The van der Waals surface area contributed by atoms with Gasteiger partial charge in [0.2, 0.25) is 5.91 Å². The third-order valence-electron chi connectivity index (χ3n) is 5.25. The zero-order valence-corrected chi connectivity index (χ0v) is 16.4. The van der Waals surface area contributed by atoms with E-state index in [1.54, 1.807) is 0 Å². The summed E-state index contributed by atoms with van der Waals surface area (Å²) < 4.78 is 1.84. The van der Waals surface area contributed by atoms with Crippen molar-refractivity contribution in [1.82, 2.24) is 19.6 Å². The quantitative estimate of drug-likeness (QED) is 0.693. The molecule has 1 aliphatic heterocycles. The minimum absolute atomic E-state index is 0.113. The number of nitrogens with zero attached hydrogens (tertiary/aromatic N) is 4. The molecule has 0 aliphatic carbocycles. The van der Waals surface area contributed by atoms with E-state index in [0.29, 0.717) is 5.02 Å². The van der Waals surface area contributed by atoms with Crippen molar-refractivity contribution in [2.24, 2.45) is 0 Å². The van der Waals surface area contributed by atoms with Crippen LogP contribution >= 0.6 is 11.6 Å². The van der Waals surface area contributed by atoms with Crippen molar-refractivity contribution in [1.29, 1.82) is 0 Å². The van der Waals surface area contributed by atoms with Gasteiger partial charge in [-0.15, -0.1) is 0 Å². The Morgan fingerprint density at radius 1 is 1.07 bits per heavy atom. The van der Waals surface area contributed by atoms with Crippen LogP contribution in [-0.4, -0.2) is 58.7 Å². The van der Waals surface area contributed by atoms with Gasteiger partial charge in [0.1, 0.15) is 11.7 Å². The Labute approximate surface area is 164 Å². The Balaban J connectivity index is 1.74. The van der Waals surface area contributed by atoms with Gasteiger partial charge in [-0.2, -0.15) is 5.10 Å². The van der Waals surface area contributed by atoms with Gasteiger partial charge in [-0.1, -0.05) is 41.9 Å². The van der Waals surface area contributed by atoms with Crippen LogP contribution in [0.15, 0.2) is 48.5 Å². The van der Waals surface area contributed by atoms with E-state index in [-0.39, 0.29) is 11.9 Å². The molecule has 0 bridgehead atoms. The average molecular weight is 383 g/mol. The monoisotopic (exact) mass is 382 g/mol. The molecule has 1 saturated heterocycles. The lowest BCUT2D eigenvalue weighted by Crippen LogP contribution is -2.49. The highest BCUT2D eigenvalue weighted by molar-refractivity contribution is 6.31. The second-order valence-electron chi connectivity index (χ2n) is 7.13. The van der Waals surface area contributed by atoms with E-state index in [9.17, 15) is 4.79 Å². The summed E-state index contributed by atoms with van der Waals surface area (Å²) in [5.74, 6) is 0.113. The summed E-state index contributed by atoms with van der Waals surface area (Å²) in [6.07, 6.45) is 0. The molecule has 2 aromatic carbocycles. The maximum absolute atomic E-state index is 13.1. The molecule has 2 heterocycles. The summed E-state index contributed by atoms with van der Waals surface area (Å²) in [4.78, 5) is 17.3. The van der Waals surface area contributed by atoms with Gasteiger partial charge in [0.15, 0.2) is 0 Å². The van der Waals surface area contributed by atoms with Crippen LogP contribution in [0.1, 0.15) is 13.0 Å². The Morgan fingerprint density at radius 2 is 1.78 bits per heavy atom. The molecule has 1 aliphatic rings. The summed E-state index contributed by atoms with van der Waals surface area (Å²) >= 11 is 6.25. The molecule has 1 amide bonds. The number of fused-ring (bicyclic) bond motifs is 1. The number of rotatable bonds is 3. The third-order valence-corrected chi connectivity index (χ3v) is 5.49. The first-order chi connectivity index (χ1) is 13.0. The molecule has 5 nitrogen and oxygen atoms in total. The normalized spacial score (nSPS) is 16.6. The maximum atomic E-state index is 13.1. The summed E-state index contributed by atoms with van der Waals surface area (Å²) in [5.41, 5.74) is 2.79. The van der Waals surface area contributed by atoms with Gasteiger partial charge in [-0.25, -0.2) is 0 Å². The number of amides is 1. The number of likely N-dealkylation sites (N-methyl/N-ethyl adjacent to an activating group) is 1. The Morgan fingerprint density at radius 3 is 2.48 bits per heavy atom. The van der Waals surface area contributed by atoms with Gasteiger partial charge >= 0.3 is 0 Å². The average Bonchev–Trinajstić information content (AvgIpc) is 3.06.